The van der Waals surface area contributed by atoms with Gasteiger partial charge in [0.05, 0.1) is 37.8 Å². The Morgan fingerprint density at radius 3 is 2.40 bits per heavy atom. The lowest BCUT2D eigenvalue weighted by atomic mass is 10.2. The second kappa shape index (κ2) is 9.41. The molecular weight excluding hydrogens is 320 g/mol. The molecule has 25 heavy (non-hydrogen) atoms. The van der Waals surface area contributed by atoms with Gasteiger partial charge in [-0.1, -0.05) is 0 Å². The number of hydrogen-bond acceptors (Lipinski definition) is 7. The molecule has 1 fully saturated rings. The summed E-state index contributed by atoms with van der Waals surface area (Å²) in [6.45, 7) is 7.77. The number of ether oxygens (including phenoxy) is 3. The molecule has 132 valence electrons. The lowest BCUT2D eigenvalue weighted by Crippen LogP contribution is -2.36. The van der Waals surface area contributed by atoms with Gasteiger partial charge in [-0.05, 0) is 13.8 Å². The van der Waals surface area contributed by atoms with Gasteiger partial charge in [-0.15, -0.1) is 0 Å². The minimum atomic E-state index is -0.0161. The molecule has 1 aliphatic heterocycles. The standard InChI is InChI=1S/C18H22N4O3/c1-3-24-17-10-16(22-5-7-23-8-6-22)18(25-4-2)9-15(17)21-13-14(11-19)12-20/h9-10,13,21H,3-8H2,1-2H3. The van der Waals surface area contributed by atoms with Crippen LogP contribution in [0.15, 0.2) is 23.9 Å². The highest BCUT2D eigenvalue weighted by Gasteiger charge is 2.19. The number of nitriles is 2. The van der Waals surface area contributed by atoms with E-state index < -0.39 is 0 Å². The highest BCUT2D eigenvalue weighted by molar-refractivity contribution is 5.73. The van der Waals surface area contributed by atoms with Gasteiger partial charge in [0, 0.05) is 31.4 Å². The Hall–Kier alpha value is -2.90. The molecule has 1 N–H and O–H groups in total. The average molecular weight is 342 g/mol. The number of benzene rings is 1. The van der Waals surface area contributed by atoms with E-state index in [9.17, 15) is 0 Å². The van der Waals surface area contributed by atoms with Gasteiger partial charge in [0.1, 0.15) is 29.2 Å². The first kappa shape index (κ1) is 18.4. The van der Waals surface area contributed by atoms with Crippen molar-refractivity contribution in [3.63, 3.8) is 0 Å². The number of anilines is 2. The summed E-state index contributed by atoms with van der Waals surface area (Å²) in [7, 11) is 0. The molecule has 0 unspecified atom stereocenters. The minimum Gasteiger partial charge on any atom is -0.492 e. The third-order valence-electron chi connectivity index (χ3n) is 3.63. The molecule has 7 heteroatoms. The Labute approximate surface area is 148 Å². The first-order chi connectivity index (χ1) is 12.2. The predicted octanol–water partition coefficient (Wildman–Crippen LogP) is 2.66. The summed E-state index contributed by atoms with van der Waals surface area (Å²) in [6, 6.07) is 7.40. The molecule has 0 aliphatic carbocycles. The zero-order chi connectivity index (χ0) is 18.1. The molecule has 0 spiro atoms. The fourth-order valence-electron chi connectivity index (χ4n) is 2.50. The predicted molar refractivity (Wildman–Crippen MR) is 94.7 cm³/mol. The van der Waals surface area contributed by atoms with Gasteiger partial charge in [-0.25, -0.2) is 0 Å². The maximum Gasteiger partial charge on any atom is 0.145 e. The highest BCUT2D eigenvalue weighted by atomic mass is 16.5. The van der Waals surface area contributed by atoms with E-state index in [2.05, 4.69) is 10.2 Å². The second-order valence-corrected chi connectivity index (χ2v) is 5.21. The van der Waals surface area contributed by atoms with Crippen molar-refractivity contribution in [2.45, 2.75) is 13.8 Å². The molecule has 0 aromatic heterocycles. The zero-order valence-electron chi connectivity index (χ0n) is 14.5. The van der Waals surface area contributed by atoms with Crippen LogP contribution >= 0.6 is 0 Å². The third-order valence-corrected chi connectivity index (χ3v) is 3.63. The maximum atomic E-state index is 8.87. The molecule has 1 aliphatic rings. The van der Waals surface area contributed by atoms with Crippen LogP contribution in [0.3, 0.4) is 0 Å². The fraction of sp³-hybridized carbons (Fsp3) is 0.444. The van der Waals surface area contributed by atoms with Gasteiger partial charge in [-0.2, -0.15) is 10.5 Å². The molecule has 1 heterocycles. The summed E-state index contributed by atoms with van der Waals surface area (Å²) in [5.41, 5.74) is 1.58. The topological polar surface area (TPSA) is 90.5 Å². The van der Waals surface area contributed by atoms with Gasteiger partial charge in [0.2, 0.25) is 0 Å². The van der Waals surface area contributed by atoms with Crippen LogP contribution in [-0.2, 0) is 4.74 Å². The second-order valence-electron chi connectivity index (χ2n) is 5.21. The largest absolute Gasteiger partial charge is 0.492 e. The van der Waals surface area contributed by atoms with Crippen LogP contribution in [0.1, 0.15) is 13.8 Å². The molecule has 0 radical (unpaired) electrons. The van der Waals surface area contributed by atoms with Crippen LogP contribution in [0.4, 0.5) is 11.4 Å². The van der Waals surface area contributed by atoms with Crippen molar-refractivity contribution in [2.75, 3.05) is 49.7 Å². The highest BCUT2D eigenvalue weighted by Crippen LogP contribution is 2.39. The van der Waals surface area contributed by atoms with Crippen molar-refractivity contribution >= 4 is 11.4 Å². The molecule has 0 amide bonds. The van der Waals surface area contributed by atoms with Crippen LogP contribution in [0.2, 0.25) is 0 Å². The van der Waals surface area contributed by atoms with Crippen molar-refractivity contribution < 1.29 is 14.2 Å². The fourth-order valence-corrected chi connectivity index (χ4v) is 2.50. The number of nitrogens with zero attached hydrogens (tertiary/aromatic N) is 3. The summed E-state index contributed by atoms with van der Waals surface area (Å²) < 4.78 is 16.9. The Morgan fingerprint density at radius 2 is 1.80 bits per heavy atom. The zero-order valence-corrected chi connectivity index (χ0v) is 14.5. The first-order valence-corrected chi connectivity index (χ1v) is 8.26. The van der Waals surface area contributed by atoms with Crippen LogP contribution in [0.5, 0.6) is 11.5 Å². The molecule has 1 aromatic carbocycles. The summed E-state index contributed by atoms with van der Waals surface area (Å²) in [5.74, 6) is 1.36. The monoisotopic (exact) mass is 342 g/mol. The van der Waals surface area contributed by atoms with Crippen molar-refractivity contribution in [3.05, 3.63) is 23.9 Å². The van der Waals surface area contributed by atoms with Crippen LogP contribution in [-0.4, -0.2) is 39.5 Å². The van der Waals surface area contributed by atoms with E-state index >= 15 is 0 Å². The van der Waals surface area contributed by atoms with E-state index in [-0.39, 0.29) is 5.57 Å². The van der Waals surface area contributed by atoms with Gasteiger partial charge in [0.25, 0.3) is 0 Å². The van der Waals surface area contributed by atoms with Crippen molar-refractivity contribution in [1.29, 1.82) is 10.5 Å². The molecule has 0 bridgehead atoms. The van der Waals surface area contributed by atoms with E-state index in [0.29, 0.717) is 37.9 Å². The first-order valence-electron chi connectivity index (χ1n) is 8.26. The smallest absolute Gasteiger partial charge is 0.145 e. The van der Waals surface area contributed by atoms with Crippen molar-refractivity contribution in [1.82, 2.24) is 0 Å². The van der Waals surface area contributed by atoms with Crippen molar-refractivity contribution in [3.8, 4) is 23.6 Å². The molecule has 7 nitrogen and oxygen atoms in total. The van der Waals surface area contributed by atoms with E-state index in [1.54, 1.807) is 0 Å². The van der Waals surface area contributed by atoms with Crippen LogP contribution in [0.25, 0.3) is 0 Å². The third kappa shape index (κ3) is 4.79. The summed E-state index contributed by atoms with van der Waals surface area (Å²) >= 11 is 0. The van der Waals surface area contributed by atoms with Gasteiger partial charge in [0.15, 0.2) is 0 Å². The lowest BCUT2D eigenvalue weighted by molar-refractivity contribution is 0.122. The lowest BCUT2D eigenvalue weighted by Gasteiger charge is -2.31. The van der Waals surface area contributed by atoms with Gasteiger partial charge in [-0.3, -0.25) is 0 Å². The molecule has 1 aromatic rings. The summed E-state index contributed by atoms with van der Waals surface area (Å²) in [5, 5.41) is 20.7. The Balaban J connectivity index is 2.41. The number of morpholine rings is 1. The number of allylic oxidation sites excluding steroid dienone is 1. The number of rotatable bonds is 7. The SMILES string of the molecule is CCOc1cc(N2CCOCC2)c(OCC)cc1NC=C(C#N)C#N. The van der Waals surface area contributed by atoms with E-state index in [1.165, 1.54) is 6.20 Å². The maximum absolute atomic E-state index is 8.87. The molecule has 2 rings (SSSR count). The van der Waals surface area contributed by atoms with E-state index in [4.69, 9.17) is 24.7 Å². The Bertz CT molecular complexity index is 681. The van der Waals surface area contributed by atoms with Crippen LogP contribution < -0.4 is 19.7 Å². The van der Waals surface area contributed by atoms with Gasteiger partial charge >= 0.3 is 0 Å². The normalized spacial score (nSPS) is 13.4. The minimum absolute atomic E-state index is 0.0161. The molecule has 1 saturated heterocycles. The van der Waals surface area contributed by atoms with E-state index in [1.807, 2.05) is 38.1 Å². The molecule has 0 atom stereocenters. The van der Waals surface area contributed by atoms with Gasteiger partial charge < -0.3 is 24.4 Å². The quantitative estimate of drug-likeness (QED) is 0.762. The van der Waals surface area contributed by atoms with E-state index in [0.717, 1.165) is 24.5 Å². The summed E-state index contributed by atoms with van der Waals surface area (Å²) in [6.07, 6.45) is 1.36. The number of hydrogen-bond donors (Lipinski definition) is 1. The summed E-state index contributed by atoms with van der Waals surface area (Å²) in [4.78, 5) is 2.20. The molecule has 0 saturated carbocycles. The average Bonchev–Trinajstić information content (AvgIpc) is 2.65. The van der Waals surface area contributed by atoms with Crippen LogP contribution in [0, 0.1) is 22.7 Å². The van der Waals surface area contributed by atoms with Crippen molar-refractivity contribution in [2.24, 2.45) is 0 Å². The molecular formula is C18H22N4O3. The Morgan fingerprint density at radius 1 is 1.16 bits per heavy atom. The Kier molecular flexibility index (Phi) is 6.94. The number of nitrogens with one attached hydrogen (secondary N) is 1.